The molecule has 0 spiro atoms. The number of hydrogen-bond donors (Lipinski definition) is 0. The molecule has 4 rings (SSSR count). The highest BCUT2D eigenvalue weighted by Crippen LogP contribution is 2.37. The Morgan fingerprint density at radius 3 is 2.11 bits per heavy atom. The largest absolute Gasteiger partial charge is 0.207 e. The molecule has 144 valence electrons. The molecule has 1 unspecified atom stereocenters. The average molecular weight is 384 g/mol. The van der Waals surface area contributed by atoms with Crippen LogP contribution in [-0.4, -0.2) is 0 Å². The third-order valence-electron chi connectivity index (χ3n) is 5.64. The van der Waals surface area contributed by atoms with Crippen LogP contribution in [0.5, 0.6) is 0 Å². The molecule has 3 aromatic carbocycles. The van der Waals surface area contributed by atoms with Gasteiger partial charge in [-0.05, 0) is 83.7 Å². The molecule has 0 fully saturated rings. The van der Waals surface area contributed by atoms with Gasteiger partial charge in [-0.25, -0.2) is 17.6 Å². The van der Waals surface area contributed by atoms with E-state index < -0.39 is 23.3 Å². The molecule has 0 radical (unpaired) electrons. The van der Waals surface area contributed by atoms with Crippen molar-refractivity contribution in [3.05, 3.63) is 94.1 Å². The lowest BCUT2D eigenvalue weighted by Crippen LogP contribution is -2.16. The van der Waals surface area contributed by atoms with E-state index in [1.807, 2.05) is 25.1 Å². The summed E-state index contributed by atoms with van der Waals surface area (Å²) in [5.74, 6) is -2.89. The molecule has 28 heavy (non-hydrogen) atoms. The number of benzene rings is 3. The zero-order valence-electron chi connectivity index (χ0n) is 15.5. The minimum absolute atomic E-state index is 0.174. The second kappa shape index (κ2) is 7.42. The Morgan fingerprint density at radius 1 is 0.750 bits per heavy atom. The number of hydrogen-bond acceptors (Lipinski definition) is 0. The maximum absolute atomic E-state index is 14.5. The van der Waals surface area contributed by atoms with Gasteiger partial charge < -0.3 is 0 Å². The Hall–Kier alpha value is -2.62. The predicted molar refractivity (Wildman–Crippen MR) is 102 cm³/mol. The van der Waals surface area contributed by atoms with Gasteiger partial charge in [0.15, 0.2) is 11.6 Å². The van der Waals surface area contributed by atoms with E-state index in [2.05, 4.69) is 0 Å². The van der Waals surface area contributed by atoms with E-state index in [0.717, 1.165) is 22.8 Å². The summed E-state index contributed by atoms with van der Waals surface area (Å²) >= 11 is 0. The van der Waals surface area contributed by atoms with Crippen molar-refractivity contribution in [1.82, 2.24) is 0 Å². The van der Waals surface area contributed by atoms with Crippen LogP contribution in [0.1, 0.15) is 41.5 Å². The van der Waals surface area contributed by atoms with Gasteiger partial charge in [-0.3, -0.25) is 0 Å². The lowest BCUT2D eigenvalue weighted by atomic mass is 9.79. The van der Waals surface area contributed by atoms with Crippen molar-refractivity contribution in [1.29, 1.82) is 0 Å². The van der Waals surface area contributed by atoms with Crippen molar-refractivity contribution < 1.29 is 17.6 Å². The summed E-state index contributed by atoms with van der Waals surface area (Å²) in [6, 6.07) is 12.4. The Morgan fingerprint density at radius 2 is 1.43 bits per heavy atom. The first-order valence-electron chi connectivity index (χ1n) is 9.51. The van der Waals surface area contributed by atoms with Crippen LogP contribution in [0.15, 0.2) is 48.5 Å². The Labute approximate surface area is 161 Å². The van der Waals surface area contributed by atoms with E-state index in [-0.39, 0.29) is 11.5 Å². The summed E-state index contributed by atoms with van der Waals surface area (Å²) in [4.78, 5) is 0. The number of aryl methyl sites for hydroxylation is 2. The monoisotopic (exact) mass is 384 g/mol. The highest BCUT2D eigenvalue weighted by molar-refractivity contribution is 5.65. The molecule has 0 aliphatic heterocycles. The zero-order chi connectivity index (χ0) is 19.8. The van der Waals surface area contributed by atoms with Gasteiger partial charge in [-0.15, -0.1) is 0 Å². The first-order valence-corrected chi connectivity index (χ1v) is 9.51. The second-order valence-electron chi connectivity index (χ2n) is 7.38. The molecule has 4 heteroatoms. The summed E-state index contributed by atoms with van der Waals surface area (Å²) in [6.07, 6.45) is 2.49. The molecule has 0 saturated carbocycles. The highest BCUT2D eigenvalue weighted by Gasteiger charge is 2.26. The molecular weight excluding hydrogens is 364 g/mol. The third kappa shape index (κ3) is 3.44. The fourth-order valence-electron chi connectivity index (χ4n) is 4.09. The Bertz CT molecular complexity index is 1020. The number of rotatable bonds is 3. The van der Waals surface area contributed by atoms with Crippen molar-refractivity contribution >= 4 is 0 Å². The average Bonchev–Trinajstić information content (AvgIpc) is 2.69. The topological polar surface area (TPSA) is 0 Å². The van der Waals surface area contributed by atoms with Crippen LogP contribution in [0.3, 0.4) is 0 Å². The van der Waals surface area contributed by atoms with Crippen LogP contribution >= 0.6 is 0 Å². The van der Waals surface area contributed by atoms with E-state index in [4.69, 9.17) is 0 Å². The molecule has 0 nitrogen and oxygen atoms in total. The van der Waals surface area contributed by atoms with Crippen LogP contribution in [0, 0.1) is 23.3 Å². The van der Waals surface area contributed by atoms with E-state index in [1.54, 1.807) is 6.07 Å². The smallest absolute Gasteiger partial charge is 0.159 e. The van der Waals surface area contributed by atoms with E-state index in [0.29, 0.717) is 36.8 Å². The number of halogens is 4. The summed E-state index contributed by atoms with van der Waals surface area (Å²) in [5, 5.41) is 0. The normalized spacial score (nSPS) is 16.1. The fourth-order valence-corrected chi connectivity index (χ4v) is 4.09. The molecule has 0 amide bonds. The first kappa shape index (κ1) is 18.7. The van der Waals surface area contributed by atoms with Gasteiger partial charge in [0.25, 0.3) is 0 Å². The van der Waals surface area contributed by atoms with Gasteiger partial charge in [-0.2, -0.15) is 0 Å². The molecule has 1 aliphatic rings. The van der Waals surface area contributed by atoms with Crippen molar-refractivity contribution in [2.24, 2.45) is 0 Å². The molecule has 1 aliphatic carbocycles. The van der Waals surface area contributed by atoms with Crippen LogP contribution in [0.2, 0.25) is 0 Å². The Kier molecular flexibility index (Phi) is 4.96. The lowest BCUT2D eigenvalue weighted by molar-refractivity contribution is 0.490. The van der Waals surface area contributed by atoms with Gasteiger partial charge in [-0.1, -0.05) is 31.2 Å². The summed E-state index contributed by atoms with van der Waals surface area (Å²) < 4.78 is 55.7. The fraction of sp³-hybridized carbons (Fsp3) is 0.250. The molecule has 0 aromatic heterocycles. The maximum Gasteiger partial charge on any atom is 0.159 e. The summed E-state index contributed by atoms with van der Waals surface area (Å²) in [5.41, 5.74) is 4.38. The molecule has 3 aromatic rings. The molecule has 0 bridgehead atoms. The standard InChI is InChI=1S/C24H20F4/c1-2-14-9-22(27)24(23(28)10-14)19-6-5-15-11-16(3-4-17(15)12-19)18-7-8-20(25)21(26)13-18/h3-4,7-11,13,19H,2,5-6,12H2,1H3. The van der Waals surface area contributed by atoms with Crippen LogP contribution in [0.25, 0.3) is 11.1 Å². The Balaban J connectivity index is 1.63. The highest BCUT2D eigenvalue weighted by atomic mass is 19.2. The minimum atomic E-state index is -0.878. The SMILES string of the molecule is CCc1cc(F)c(C2CCc3cc(-c4ccc(F)c(F)c4)ccc3C2)c(F)c1. The molecule has 1 atom stereocenters. The van der Waals surface area contributed by atoms with Gasteiger partial charge in [0.1, 0.15) is 11.6 Å². The van der Waals surface area contributed by atoms with E-state index in [9.17, 15) is 17.6 Å². The third-order valence-corrected chi connectivity index (χ3v) is 5.64. The quantitative estimate of drug-likeness (QED) is 0.439. The minimum Gasteiger partial charge on any atom is -0.207 e. The van der Waals surface area contributed by atoms with Crippen molar-refractivity contribution in [3.8, 4) is 11.1 Å². The molecular formula is C24H20F4. The lowest BCUT2D eigenvalue weighted by Gasteiger charge is -2.26. The van der Waals surface area contributed by atoms with Gasteiger partial charge in [0, 0.05) is 5.56 Å². The van der Waals surface area contributed by atoms with Gasteiger partial charge in [0.05, 0.1) is 0 Å². The van der Waals surface area contributed by atoms with Gasteiger partial charge in [0.2, 0.25) is 0 Å². The van der Waals surface area contributed by atoms with Crippen LogP contribution < -0.4 is 0 Å². The van der Waals surface area contributed by atoms with E-state index in [1.165, 1.54) is 18.2 Å². The summed E-state index contributed by atoms with van der Waals surface area (Å²) in [7, 11) is 0. The van der Waals surface area contributed by atoms with Crippen molar-refractivity contribution in [3.63, 3.8) is 0 Å². The van der Waals surface area contributed by atoms with Gasteiger partial charge >= 0.3 is 0 Å². The van der Waals surface area contributed by atoms with Crippen molar-refractivity contribution in [2.75, 3.05) is 0 Å². The summed E-state index contributed by atoms with van der Waals surface area (Å²) in [6.45, 7) is 1.87. The van der Waals surface area contributed by atoms with Crippen LogP contribution in [0.4, 0.5) is 17.6 Å². The molecule has 0 heterocycles. The molecule has 0 N–H and O–H groups in total. The van der Waals surface area contributed by atoms with Crippen molar-refractivity contribution in [2.45, 2.75) is 38.5 Å². The second-order valence-corrected chi connectivity index (χ2v) is 7.38. The first-order chi connectivity index (χ1) is 13.5. The van der Waals surface area contributed by atoms with E-state index >= 15 is 0 Å². The molecule has 0 saturated heterocycles. The zero-order valence-corrected chi connectivity index (χ0v) is 15.5. The predicted octanol–water partition coefficient (Wildman–Crippen LogP) is 6.74. The van der Waals surface area contributed by atoms with Crippen LogP contribution in [-0.2, 0) is 19.3 Å². The number of fused-ring (bicyclic) bond motifs is 1. The maximum atomic E-state index is 14.5.